The first-order valence-electron chi connectivity index (χ1n) is 10.3. The van der Waals surface area contributed by atoms with Crippen LogP contribution in [0.3, 0.4) is 0 Å². The van der Waals surface area contributed by atoms with E-state index in [1.54, 1.807) is 0 Å². The van der Waals surface area contributed by atoms with Crippen LogP contribution in [-0.4, -0.2) is 23.5 Å². The Balaban J connectivity index is 0.000000145. The SMILES string of the molecule is C=C(C)c1cccc2c1CB1C=CNC1C2.Cc1ccc2c(c1)CN(C(=N)N)C2. The van der Waals surface area contributed by atoms with E-state index in [0.29, 0.717) is 12.7 Å². The maximum Gasteiger partial charge on any atom is 0.198 e. The maximum atomic E-state index is 7.32. The van der Waals surface area contributed by atoms with Crippen LogP contribution in [0.1, 0.15) is 40.3 Å². The van der Waals surface area contributed by atoms with Gasteiger partial charge in [0.15, 0.2) is 12.7 Å². The average Bonchev–Trinajstić information content (AvgIpc) is 3.31. The number of rotatable bonds is 1. The molecular formula is C24H29BN4. The van der Waals surface area contributed by atoms with Gasteiger partial charge in [0.25, 0.3) is 0 Å². The molecule has 2 aromatic carbocycles. The van der Waals surface area contributed by atoms with Gasteiger partial charge in [0.1, 0.15) is 0 Å². The van der Waals surface area contributed by atoms with Gasteiger partial charge in [0.05, 0.1) is 0 Å². The monoisotopic (exact) mass is 384 g/mol. The summed E-state index contributed by atoms with van der Waals surface area (Å²) >= 11 is 0. The van der Waals surface area contributed by atoms with Crippen LogP contribution in [-0.2, 0) is 25.8 Å². The Bertz CT molecular complexity index is 994. The highest BCUT2D eigenvalue weighted by Gasteiger charge is 2.32. The summed E-state index contributed by atoms with van der Waals surface area (Å²) in [5.74, 6) is 3.09. The van der Waals surface area contributed by atoms with E-state index in [1.165, 1.54) is 39.0 Å². The lowest BCUT2D eigenvalue weighted by atomic mass is 9.39. The van der Waals surface area contributed by atoms with Crippen LogP contribution in [0, 0.1) is 12.3 Å². The second-order valence-electron chi connectivity index (χ2n) is 8.44. The van der Waals surface area contributed by atoms with E-state index < -0.39 is 0 Å². The average molecular weight is 384 g/mol. The molecule has 4 nitrogen and oxygen atoms in total. The molecule has 0 amide bonds. The number of allylic oxidation sites excluding steroid dienone is 1. The van der Waals surface area contributed by atoms with Crippen molar-refractivity contribution >= 4 is 18.2 Å². The molecule has 3 aliphatic heterocycles. The van der Waals surface area contributed by atoms with Gasteiger partial charge in [-0.2, -0.15) is 0 Å². The Morgan fingerprint density at radius 3 is 2.76 bits per heavy atom. The Labute approximate surface area is 174 Å². The second kappa shape index (κ2) is 7.82. The summed E-state index contributed by atoms with van der Waals surface area (Å²) in [7, 11) is 0. The van der Waals surface area contributed by atoms with Crippen molar-refractivity contribution in [2.75, 3.05) is 0 Å². The molecular weight excluding hydrogens is 355 g/mol. The topological polar surface area (TPSA) is 65.1 Å². The van der Waals surface area contributed by atoms with Gasteiger partial charge in [-0.25, -0.2) is 0 Å². The van der Waals surface area contributed by atoms with Gasteiger partial charge in [-0.1, -0.05) is 60.1 Å². The molecule has 29 heavy (non-hydrogen) atoms. The molecule has 3 heterocycles. The lowest BCUT2D eigenvalue weighted by Gasteiger charge is -2.27. The molecule has 5 rings (SSSR count). The predicted molar refractivity (Wildman–Crippen MR) is 123 cm³/mol. The van der Waals surface area contributed by atoms with Crippen molar-refractivity contribution in [1.29, 1.82) is 5.41 Å². The molecule has 0 saturated heterocycles. The van der Waals surface area contributed by atoms with Crippen LogP contribution in [0.5, 0.6) is 0 Å². The summed E-state index contributed by atoms with van der Waals surface area (Å²) in [5.41, 5.74) is 14.8. The van der Waals surface area contributed by atoms with Crippen LogP contribution >= 0.6 is 0 Å². The fourth-order valence-electron chi connectivity index (χ4n) is 4.61. The third kappa shape index (κ3) is 3.95. The van der Waals surface area contributed by atoms with Crippen LogP contribution in [0.4, 0.5) is 0 Å². The van der Waals surface area contributed by atoms with Crippen LogP contribution in [0.25, 0.3) is 5.57 Å². The molecule has 0 aliphatic carbocycles. The van der Waals surface area contributed by atoms with E-state index in [-0.39, 0.29) is 5.96 Å². The Morgan fingerprint density at radius 1 is 1.21 bits per heavy atom. The van der Waals surface area contributed by atoms with Gasteiger partial charge in [-0.15, -0.1) is 0 Å². The summed E-state index contributed by atoms with van der Waals surface area (Å²) in [6.45, 7) is 10.5. The zero-order valence-corrected chi connectivity index (χ0v) is 17.3. The molecule has 0 fully saturated rings. The quantitative estimate of drug-likeness (QED) is 0.400. The van der Waals surface area contributed by atoms with Crippen LogP contribution in [0.15, 0.2) is 55.2 Å². The molecule has 4 N–H and O–H groups in total. The normalized spacial score (nSPS) is 18.2. The first-order chi connectivity index (χ1) is 13.9. The summed E-state index contributed by atoms with van der Waals surface area (Å²) in [6, 6.07) is 13.0. The van der Waals surface area contributed by atoms with Gasteiger partial charge in [0.2, 0.25) is 0 Å². The van der Waals surface area contributed by atoms with Crippen LogP contribution in [0.2, 0.25) is 0 Å². The third-order valence-corrected chi connectivity index (χ3v) is 6.21. The lowest BCUT2D eigenvalue weighted by molar-refractivity contribution is 0.439. The fourth-order valence-corrected chi connectivity index (χ4v) is 4.61. The molecule has 148 valence electrons. The van der Waals surface area contributed by atoms with Gasteiger partial charge >= 0.3 is 0 Å². The minimum atomic E-state index is 0.161. The Kier molecular flexibility index (Phi) is 5.23. The maximum absolute atomic E-state index is 7.32. The molecule has 3 aliphatic rings. The molecule has 1 unspecified atom stereocenters. The second-order valence-corrected chi connectivity index (χ2v) is 8.44. The first-order valence-corrected chi connectivity index (χ1v) is 10.3. The number of nitrogens with two attached hydrogens (primary N) is 1. The predicted octanol–water partition coefficient (Wildman–Crippen LogP) is 3.62. The van der Waals surface area contributed by atoms with Crippen molar-refractivity contribution in [3.8, 4) is 0 Å². The lowest BCUT2D eigenvalue weighted by Crippen LogP contribution is -2.42. The van der Waals surface area contributed by atoms with Crippen molar-refractivity contribution in [2.24, 2.45) is 5.73 Å². The molecule has 2 aromatic rings. The van der Waals surface area contributed by atoms with Crippen LogP contribution < -0.4 is 11.1 Å². The number of hydrogen-bond acceptors (Lipinski definition) is 2. The summed E-state index contributed by atoms with van der Waals surface area (Å²) in [6.07, 6.45) is 4.42. The molecule has 0 spiro atoms. The van der Waals surface area contributed by atoms with Gasteiger partial charge in [-0.3, -0.25) is 5.41 Å². The zero-order valence-electron chi connectivity index (χ0n) is 17.3. The van der Waals surface area contributed by atoms with Crippen molar-refractivity contribution in [2.45, 2.75) is 45.6 Å². The van der Waals surface area contributed by atoms with Crippen molar-refractivity contribution in [1.82, 2.24) is 10.2 Å². The van der Waals surface area contributed by atoms with Gasteiger partial charge < -0.3 is 16.0 Å². The van der Waals surface area contributed by atoms with E-state index in [4.69, 9.17) is 11.1 Å². The van der Waals surface area contributed by atoms with E-state index >= 15 is 0 Å². The molecule has 0 aromatic heterocycles. The highest BCUT2D eigenvalue weighted by atomic mass is 15.2. The van der Waals surface area contributed by atoms with Crippen molar-refractivity contribution in [3.63, 3.8) is 0 Å². The zero-order chi connectivity index (χ0) is 20.5. The summed E-state index contributed by atoms with van der Waals surface area (Å²) in [4.78, 5) is 1.87. The standard InChI is InChI=1S/C14H16BN.C10H13N3/c1-10(2)12-5-3-4-11-8-14-15(6-7-16-14)9-13(11)12;1-7-2-3-8-5-13(10(11)12)6-9(8)4-7/h3-7,14,16H,1,8-9H2,2H3;2-4H,5-6H2,1H3,(H3,11,12). The number of aryl methyl sites for hydroxylation is 1. The minimum absolute atomic E-state index is 0.161. The van der Waals surface area contributed by atoms with E-state index in [2.05, 4.69) is 74.3 Å². The Hall–Kier alpha value is -2.95. The highest BCUT2D eigenvalue weighted by molar-refractivity contribution is 6.66. The van der Waals surface area contributed by atoms with E-state index in [0.717, 1.165) is 25.8 Å². The number of hydrogen-bond donors (Lipinski definition) is 3. The van der Waals surface area contributed by atoms with Gasteiger partial charge in [-0.05, 0) is 60.6 Å². The number of nitrogens with zero attached hydrogens (tertiary/aromatic N) is 1. The molecule has 0 bridgehead atoms. The first kappa shape index (κ1) is 19.4. The fraction of sp³-hybridized carbons (Fsp3) is 0.292. The molecule has 0 saturated carbocycles. The van der Waals surface area contributed by atoms with Crippen molar-refractivity contribution < 1.29 is 0 Å². The number of benzene rings is 2. The summed E-state index contributed by atoms with van der Waals surface area (Å²) < 4.78 is 0. The molecule has 1 atom stereocenters. The smallest absolute Gasteiger partial charge is 0.198 e. The minimum Gasteiger partial charge on any atom is -0.396 e. The number of fused-ring (bicyclic) bond motifs is 3. The number of nitrogens with one attached hydrogen (secondary N) is 2. The highest BCUT2D eigenvalue weighted by Crippen LogP contribution is 2.29. The van der Waals surface area contributed by atoms with E-state index in [9.17, 15) is 0 Å². The van der Waals surface area contributed by atoms with Crippen molar-refractivity contribution in [3.05, 3.63) is 88.5 Å². The number of guanidine groups is 1. The third-order valence-electron chi connectivity index (χ3n) is 6.21. The molecule has 5 heteroatoms. The largest absolute Gasteiger partial charge is 0.396 e. The Morgan fingerprint density at radius 2 is 2.00 bits per heavy atom. The summed E-state index contributed by atoms with van der Waals surface area (Å²) in [5, 5.41) is 10.8. The van der Waals surface area contributed by atoms with E-state index in [1.807, 2.05) is 4.90 Å². The van der Waals surface area contributed by atoms with Gasteiger partial charge in [0, 0.05) is 19.0 Å². The molecule has 0 radical (unpaired) electrons.